The molecule has 4 nitrogen and oxygen atoms in total. The molecule has 152 valence electrons. The van der Waals surface area contributed by atoms with Gasteiger partial charge < -0.3 is 9.05 Å². The summed E-state index contributed by atoms with van der Waals surface area (Å²) in [6.07, 6.45) is 1.66. The van der Waals surface area contributed by atoms with Crippen molar-refractivity contribution in [2.75, 3.05) is 6.16 Å². The number of carbonyl (C=O) groups excluding carboxylic acids is 1. The Kier molecular flexibility index (Phi) is 7.88. The Labute approximate surface area is 168 Å². The van der Waals surface area contributed by atoms with Crippen molar-refractivity contribution < 1.29 is 18.4 Å². The highest BCUT2D eigenvalue weighted by atomic mass is 31.2. The topological polar surface area (TPSA) is 52.6 Å². The fraction of sp³-hybridized carbons (Fsp3) is 0.435. The van der Waals surface area contributed by atoms with E-state index in [-0.39, 0.29) is 11.9 Å². The zero-order chi connectivity index (χ0) is 20.7. The van der Waals surface area contributed by atoms with Gasteiger partial charge in [-0.2, -0.15) is 0 Å². The normalized spacial score (nSPS) is 11.7. The monoisotopic (exact) mass is 402 g/mol. The molecular formula is C23H31O4P. The summed E-state index contributed by atoms with van der Waals surface area (Å²) in [5, 5.41) is 0. The predicted molar refractivity (Wildman–Crippen MR) is 114 cm³/mol. The van der Waals surface area contributed by atoms with Crippen LogP contribution in [-0.4, -0.2) is 11.9 Å². The summed E-state index contributed by atoms with van der Waals surface area (Å²) in [5.41, 5.74) is 2.37. The minimum atomic E-state index is -3.65. The lowest BCUT2D eigenvalue weighted by atomic mass is 10.0. The van der Waals surface area contributed by atoms with Gasteiger partial charge in [0.1, 0.15) is 23.4 Å². The molecule has 2 aromatic rings. The quantitative estimate of drug-likeness (QED) is 0.436. The van der Waals surface area contributed by atoms with E-state index in [2.05, 4.69) is 27.7 Å². The number of carbonyl (C=O) groups is 1. The first-order valence-corrected chi connectivity index (χ1v) is 11.5. The summed E-state index contributed by atoms with van der Waals surface area (Å²) in [5.74, 6) is 1.74. The van der Waals surface area contributed by atoms with E-state index < -0.39 is 7.60 Å². The minimum Gasteiger partial charge on any atom is -0.416 e. The van der Waals surface area contributed by atoms with E-state index in [9.17, 15) is 9.36 Å². The predicted octanol–water partition coefficient (Wildman–Crippen LogP) is 6.32. The van der Waals surface area contributed by atoms with Crippen LogP contribution in [0.2, 0.25) is 0 Å². The van der Waals surface area contributed by atoms with E-state index in [0.29, 0.717) is 23.3 Å². The molecule has 2 aromatic carbocycles. The van der Waals surface area contributed by atoms with Crippen molar-refractivity contribution in [2.45, 2.75) is 47.5 Å². The van der Waals surface area contributed by atoms with Gasteiger partial charge in [0.2, 0.25) is 0 Å². The highest BCUT2D eigenvalue weighted by molar-refractivity contribution is 7.55. The molecule has 0 aliphatic rings. The lowest BCUT2D eigenvalue weighted by Gasteiger charge is -2.19. The minimum absolute atomic E-state index is 0.240. The van der Waals surface area contributed by atoms with Crippen molar-refractivity contribution >= 4 is 13.4 Å². The second kappa shape index (κ2) is 9.93. The van der Waals surface area contributed by atoms with Crippen LogP contribution in [0.3, 0.4) is 0 Å². The van der Waals surface area contributed by atoms with Gasteiger partial charge in [-0.05, 0) is 67.0 Å². The summed E-state index contributed by atoms with van der Waals surface area (Å²) >= 11 is 0. The van der Waals surface area contributed by atoms with Crippen LogP contribution in [-0.2, 0) is 22.2 Å². The molecule has 2 rings (SSSR count). The smallest absolute Gasteiger partial charge is 0.416 e. The van der Waals surface area contributed by atoms with E-state index in [0.717, 1.165) is 12.8 Å². The van der Waals surface area contributed by atoms with Crippen molar-refractivity contribution in [1.29, 1.82) is 0 Å². The lowest BCUT2D eigenvalue weighted by molar-refractivity contribution is -0.114. The van der Waals surface area contributed by atoms with Crippen molar-refractivity contribution in [3.05, 3.63) is 59.7 Å². The fourth-order valence-corrected chi connectivity index (χ4v) is 4.59. The number of benzene rings is 2. The highest BCUT2D eigenvalue weighted by Crippen LogP contribution is 2.48. The molecule has 0 amide bonds. The van der Waals surface area contributed by atoms with E-state index >= 15 is 0 Å². The van der Waals surface area contributed by atoms with E-state index in [4.69, 9.17) is 9.05 Å². The van der Waals surface area contributed by atoms with Gasteiger partial charge in [-0.3, -0.25) is 4.79 Å². The van der Waals surface area contributed by atoms with E-state index in [1.165, 1.54) is 18.1 Å². The molecule has 0 fully saturated rings. The molecule has 0 aromatic heterocycles. The van der Waals surface area contributed by atoms with Crippen molar-refractivity contribution in [3.63, 3.8) is 0 Å². The molecule has 0 aliphatic heterocycles. The number of ketones is 1. The average Bonchev–Trinajstić information content (AvgIpc) is 2.56. The number of hydrogen-bond acceptors (Lipinski definition) is 4. The van der Waals surface area contributed by atoms with Gasteiger partial charge >= 0.3 is 7.60 Å². The molecule has 0 bridgehead atoms. The van der Waals surface area contributed by atoms with Crippen molar-refractivity contribution in [3.8, 4) is 11.5 Å². The van der Waals surface area contributed by atoms with Crippen LogP contribution >= 0.6 is 7.60 Å². The summed E-state index contributed by atoms with van der Waals surface area (Å²) < 4.78 is 24.6. The van der Waals surface area contributed by atoms with Gasteiger partial charge in [0.05, 0.1) is 0 Å². The maximum absolute atomic E-state index is 13.2. The van der Waals surface area contributed by atoms with Gasteiger partial charge in [0, 0.05) is 0 Å². The Bertz CT molecular complexity index is 748. The number of rotatable bonds is 10. The summed E-state index contributed by atoms with van der Waals surface area (Å²) in [7, 11) is -3.65. The third-order valence-corrected chi connectivity index (χ3v) is 5.85. The molecule has 0 spiro atoms. The standard InChI is InChI=1S/C23H31O4P/c1-17(2)14-20-6-10-22(11-7-20)26-28(25,16-19(5)24)27-23-12-8-21(9-13-23)15-18(3)4/h6-13,17-18H,14-16H2,1-5H3. The zero-order valence-corrected chi connectivity index (χ0v) is 18.4. The summed E-state index contributed by atoms with van der Waals surface area (Å²) in [6, 6.07) is 14.9. The average molecular weight is 402 g/mol. The molecule has 0 saturated carbocycles. The summed E-state index contributed by atoms with van der Waals surface area (Å²) in [6.45, 7) is 10.0. The van der Waals surface area contributed by atoms with Crippen LogP contribution in [0.4, 0.5) is 0 Å². The van der Waals surface area contributed by atoms with Gasteiger partial charge in [-0.1, -0.05) is 52.0 Å². The summed E-state index contributed by atoms with van der Waals surface area (Å²) in [4.78, 5) is 11.7. The fourth-order valence-electron chi connectivity index (χ4n) is 2.99. The Morgan fingerprint density at radius 2 is 1.14 bits per heavy atom. The Morgan fingerprint density at radius 1 is 0.786 bits per heavy atom. The Morgan fingerprint density at radius 3 is 1.43 bits per heavy atom. The van der Waals surface area contributed by atoms with Crippen LogP contribution in [0.1, 0.15) is 45.7 Å². The molecule has 0 heterocycles. The third-order valence-electron chi connectivity index (χ3n) is 4.04. The van der Waals surface area contributed by atoms with Crippen LogP contribution in [0.5, 0.6) is 11.5 Å². The first-order valence-electron chi connectivity index (χ1n) is 9.81. The maximum Gasteiger partial charge on any atom is 0.438 e. The Hall–Kier alpha value is -2.06. The first-order chi connectivity index (χ1) is 13.1. The molecular weight excluding hydrogens is 371 g/mol. The van der Waals surface area contributed by atoms with Crippen molar-refractivity contribution in [1.82, 2.24) is 0 Å². The Balaban J connectivity index is 2.14. The van der Waals surface area contributed by atoms with Crippen molar-refractivity contribution in [2.24, 2.45) is 11.8 Å². The highest BCUT2D eigenvalue weighted by Gasteiger charge is 2.30. The molecule has 0 unspecified atom stereocenters. The lowest BCUT2D eigenvalue weighted by Crippen LogP contribution is -2.10. The van der Waals surface area contributed by atoms with Crippen LogP contribution in [0, 0.1) is 11.8 Å². The first kappa shape index (κ1) is 22.2. The molecule has 0 saturated heterocycles. The molecule has 0 aliphatic carbocycles. The molecule has 0 radical (unpaired) electrons. The van der Waals surface area contributed by atoms with Gasteiger partial charge in [-0.25, -0.2) is 4.57 Å². The molecule has 5 heteroatoms. The molecule has 0 atom stereocenters. The zero-order valence-electron chi connectivity index (χ0n) is 17.5. The largest absolute Gasteiger partial charge is 0.438 e. The van der Waals surface area contributed by atoms with Gasteiger partial charge in [0.25, 0.3) is 0 Å². The van der Waals surface area contributed by atoms with Crippen LogP contribution < -0.4 is 9.05 Å². The molecule has 0 N–H and O–H groups in total. The second-order valence-corrected chi connectivity index (χ2v) is 10.0. The van der Waals surface area contributed by atoms with Crippen LogP contribution in [0.15, 0.2) is 48.5 Å². The van der Waals surface area contributed by atoms with Gasteiger partial charge in [0.15, 0.2) is 0 Å². The molecule has 28 heavy (non-hydrogen) atoms. The van der Waals surface area contributed by atoms with Crippen LogP contribution in [0.25, 0.3) is 0 Å². The maximum atomic E-state index is 13.2. The van der Waals surface area contributed by atoms with E-state index in [1.807, 2.05) is 24.3 Å². The second-order valence-electron chi connectivity index (χ2n) is 8.14. The third kappa shape index (κ3) is 7.52. The number of hydrogen-bond donors (Lipinski definition) is 0. The van der Waals surface area contributed by atoms with Gasteiger partial charge in [-0.15, -0.1) is 0 Å². The number of Topliss-reactive ketones (excluding diaryl/α,β-unsaturated/α-hetero) is 1. The SMILES string of the molecule is CC(=O)CP(=O)(Oc1ccc(CC(C)C)cc1)Oc1ccc(CC(C)C)cc1. The van der Waals surface area contributed by atoms with E-state index in [1.54, 1.807) is 24.3 Å².